The zero-order valence-electron chi connectivity index (χ0n) is 11.9. The highest BCUT2D eigenvalue weighted by Gasteiger charge is 2.32. The molecule has 6 heteroatoms. The molecule has 2 rings (SSSR count). The Kier molecular flexibility index (Phi) is 5.12. The first kappa shape index (κ1) is 15.7. The Bertz CT molecular complexity index is 573. The fourth-order valence-corrected chi connectivity index (χ4v) is 3.61. The summed E-state index contributed by atoms with van der Waals surface area (Å²) in [7, 11) is -1.21. The molecule has 1 fully saturated rings. The zero-order chi connectivity index (χ0) is 15.4. The van der Waals surface area contributed by atoms with Crippen LogP contribution >= 0.6 is 0 Å². The van der Waals surface area contributed by atoms with Gasteiger partial charge in [0.1, 0.15) is 0 Å². The van der Waals surface area contributed by atoms with Gasteiger partial charge in [0.25, 0.3) is 5.91 Å². The summed E-state index contributed by atoms with van der Waals surface area (Å²) in [6.45, 7) is 2.37. The Morgan fingerprint density at radius 2 is 2.10 bits per heavy atom. The van der Waals surface area contributed by atoms with Gasteiger partial charge >= 0.3 is 5.97 Å². The number of carbonyl (C=O) groups excluding carboxylic acids is 1. The predicted molar refractivity (Wildman–Crippen MR) is 79.7 cm³/mol. The highest BCUT2D eigenvalue weighted by Crippen LogP contribution is 2.25. The van der Waals surface area contributed by atoms with Crippen LogP contribution in [0.5, 0.6) is 0 Å². The molecule has 1 aliphatic rings. The molecule has 1 heterocycles. The standard InChI is InChI=1S/C15H19NO4S/c1-2-21(20)13-8-4-3-7-12(13)15(19)16-9-5-6-11(16)10-14(17)18/h3-4,7-8,11H,2,5-6,9-10H2,1H3,(H,17,18). The number of carbonyl (C=O) groups is 2. The summed E-state index contributed by atoms with van der Waals surface area (Å²) < 4.78 is 12.1. The minimum absolute atomic E-state index is 0.0369. The van der Waals surface area contributed by atoms with Crippen LogP contribution in [0.4, 0.5) is 0 Å². The van der Waals surface area contributed by atoms with E-state index in [0.717, 1.165) is 6.42 Å². The molecule has 114 valence electrons. The third kappa shape index (κ3) is 3.50. The third-order valence-electron chi connectivity index (χ3n) is 3.67. The van der Waals surface area contributed by atoms with Gasteiger partial charge in [0.2, 0.25) is 0 Å². The molecular formula is C15H19NO4S. The second-order valence-electron chi connectivity index (χ2n) is 5.02. The molecule has 1 aliphatic heterocycles. The molecule has 2 atom stereocenters. The van der Waals surface area contributed by atoms with Gasteiger partial charge in [-0.25, -0.2) is 0 Å². The molecule has 1 aromatic carbocycles. The van der Waals surface area contributed by atoms with Gasteiger partial charge in [-0.15, -0.1) is 0 Å². The predicted octanol–water partition coefficient (Wildman–Crippen LogP) is 1.89. The minimum Gasteiger partial charge on any atom is -0.481 e. The molecule has 0 saturated carbocycles. The first-order chi connectivity index (χ1) is 10.0. The first-order valence-electron chi connectivity index (χ1n) is 7.04. The summed E-state index contributed by atoms with van der Waals surface area (Å²) in [6.07, 6.45) is 1.48. The minimum atomic E-state index is -1.21. The second-order valence-corrected chi connectivity index (χ2v) is 6.73. The number of hydrogen-bond acceptors (Lipinski definition) is 3. The average Bonchev–Trinajstić information content (AvgIpc) is 2.93. The maximum Gasteiger partial charge on any atom is 0.305 e. The molecule has 0 spiro atoms. The summed E-state index contributed by atoms with van der Waals surface area (Å²) in [4.78, 5) is 25.7. The highest BCUT2D eigenvalue weighted by atomic mass is 32.2. The Morgan fingerprint density at radius 3 is 2.76 bits per heavy atom. The Balaban J connectivity index is 2.27. The molecule has 0 radical (unpaired) electrons. The van der Waals surface area contributed by atoms with Gasteiger partial charge in [0, 0.05) is 18.3 Å². The first-order valence-corrected chi connectivity index (χ1v) is 8.36. The molecule has 5 nitrogen and oxygen atoms in total. The number of aliphatic carboxylic acids is 1. The van der Waals surface area contributed by atoms with Crippen molar-refractivity contribution in [2.24, 2.45) is 0 Å². The van der Waals surface area contributed by atoms with Gasteiger partial charge in [0.15, 0.2) is 0 Å². The molecule has 0 bridgehead atoms. The number of hydrogen-bond donors (Lipinski definition) is 1. The van der Waals surface area contributed by atoms with E-state index in [4.69, 9.17) is 5.11 Å². The largest absolute Gasteiger partial charge is 0.481 e. The van der Waals surface area contributed by atoms with Gasteiger partial charge in [-0.2, -0.15) is 0 Å². The molecule has 1 aromatic rings. The van der Waals surface area contributed by atoms with Crippen LogP contribution in [0.3, 0.4) is 0 Å². The molecular weight excluding hydrogens is 290 g/mol. The van der Waals surface area contributed by atoms with E-state index in [2.05, 4.69) is 0 Å². The van der Waals surface area contributed by atoms with Gasteiger partial charge in [0.05, 0.1) is 27.7 Å². The van der Waals surface area contributed by atoms with Crippen molar-refractivity contribution in [2.45, 2.75) is 37.1 Å². The van der Waals surface area contributed by atoms with Gasteiger partial charge in [-0.3, -0.25) is 13.8 Å². The smallest absolute Gasteiger partial charge is 0.305 e. The number of likely N-dealkylation sites (tertiary alicyclic amines) is 1. The Morgan fingerprint density at radius 1 is 1.38 bits per heavy atom. The van der Waals surface area contributed by atoms with Gasteiger partial charge in [-0.1, -0.05) is 19.1 Å². The molecule has 0 aliphatic carbocycles. The quantitative estimate of drug-likeness (QED) is 0.901. The summed E-state index contributed by atoms with van der Waals surface area (Å²) >= 11 is 0. The number of benzene rings is 1. The summed E-state index contributed by atoms with van der Waals surface area (Å²) in [6, 6.07) is 6.61. The van der Waals surface area contributed by atoms with Gasteiger partial charge in [-0.05, 0) is 25.0 Å². The van der Waals surface area contributed by atoms with E-state index in [1.54, 1.807) is 36.1 Å². The van der Waals surface area contributed by atoms with Crippen LogP contribution in [0.2, 0.25) is 0 Å². The molecule has 0 aromatic heterocycles. The molecule has 1 saturated heterocycles. The van der Waals surface area contributed by atoms with E-state index >= 15 is 0 Å². The maximum atomic E-state index is 12.7. The lowest BCUT2D eigenvalue weighted by Crippen LogP contribution is -2.37. The van der Waals surface area contributed by atoms with Crippen molar-refractivity contribution in [2.75, 3.05) is 12.3 Å². The molecule has 1 amide bonds. The second kappa shape index (κ2) is 6.85. The SMILES string of the molecule is CCS(=O)c1ccccc1C(=O)N1CCCC1CC(=O)O. The number of rotatable bonds is 5. The summed E-state index contributed by atoms with van der Waals surface area (Å²) in [5.74, 6) is -0.663. The number of amides is 1. The van der Waals surface area contributed by atoms with Crippen molar-refractivity contribution < 1.29 is 18.9 Å². The molecule has 21 heavy (non-hydrogen) atoms. The van der Waals surface area contributed by atoms with Crippen LogP contribution in [0.15, 0.2) is 29.2 Å². The monoisotopic (exact) mass is 309 g/mol. The van der Waals surface area contributed by atoms with E-state index in [0.29, 0.717) is 29.2 Å². The van der Waals surface area contributed by atoms with Crippen molar-refractivity contribution in [3.05, 3.63) is 29.8 Å². The third-order valence-corrected chi connectivity index (χ3v) is 5.04. The van der Waals surface area contributed by atoms with Crippen molar-refractivity contribution in [3.63, 3.8) is 0 Å². The maximum absolute atomic E-state index is 12.7. The molecule has 2 unspecified atom stereocenters. The Hall–Kier alpha value is -1.69. The van der Waals surface area contributed by atoms with Crippen LogP contribution in [0.1, 0.15) is 36.5 Å². The lowest BCUT2D eigenvalue weighted by atomic mass is 10.1. The number of carboxylic acid groups (broad SMARTS) is 1. The van der Waals surface area contributed by atoms with E-state index in [1.165, 1.54) is 0 Å². The fourth-order valence-electron chi connectivity index (χ4n) is 2.67. The molecule has 1 N–H and O–H groups in total. The van der Waals surface area contributed by atoms with Crippen LogP contribution in [0.25, 0.3) is 0 Å². The normalized spacial score (nSPS) is 19.5. The van der Waals surface area contributed by atoms with Crippen molar-refractivity contribution in [1.29, 1.82) is 0 Å². The fraction of sp³-hybridized carbons (Fsp3) is 0.467. The van der Waals surface area contributed by atoms with Crippen LogP contribution in [-0.2, 0) is 15.6 Å². The van der Waals surface area contributed by atoms with Crippen molar-refractivity contribution >= 4 is 22.7 Å². The van der Waals surface area contributed by atoms with E-state index in [-0.39, 0.29) is 18.4 Å². The van der Waals surface area contributed by atoms with E-state index < -0.39 is 16.8 Å². The van der Waals surface area contributed by atoms with Crippen molar-refractivity contribution in [1.82, 2.24) is 4.90 Å². The number of carboxylic acids is 1. The lowest BCUT2D eigenvalue weighted by Gasteiger charge is -2.24. The average molecular weight is 309 g/mol. The van der Waals surface area contributed by atoms with Crippen LogP contribution < -0.4 is 0 Å². The highest BCUT2D eigenvalue weighted by molar-refractivity contribution is 7.85. The topological polar surface area (TPSA) is 74.7 Å². The number of nitrogens with zero attached hydrogens (tertiary/aromatic N) is 1. The Labute approximate surface area is 126 Å². The lowest BCUT2D eigenvalue weighted by molar-refractivity contribution is -0.137. The zero-order valence-corrected chi connectivity index (χ0v) is 12.8. The van der Waals surface area contributed by atoms with Crippen LogP contribution in [0, 0.1) is 0 Å². The van der Waals surface area contributed by atoms with Gasteiger partial charge < -0.3 is 10.0 Å². The van der Waals surface area contributed by atoms with E-state index in [1.807, 2.05) is 0 Å². The van der Waals surface area contributed by atoms with E-state index in [9.17, 15) is 13.8 Å². The summed E-state index contributed by atoms with van der Waals surface area (Å²) in [5.41, 5.74) is 0.426. The van der Waals surface area contributed by atoms with Crippen molar-refractivity contribution in [3.8, 4) is 0 Å². The summed E-state index contributed by atoms with van der Waals surface area (Å²) in [5, 5.41) is 8.94. The van der Waals surface area contributed by atoms with Crippen LogP contribution in [-0.4, -0.2) is 44.4 Å².